The molecule has 0 aliphatic rings. The van der Waals surface area contributed by atoms with E-state index in [1.807, 2.05) is 0 Å². The molecular weight excluding hydrogens is 320 g/mol. The fraction of sp³-hybridized carbons (Fsp3) is 0.750. The molecule has 21 heavy (non-hydrogen) atoms. The predicted octanol–water partition coefficient (Wildman–Crippen LogP) is -1.90. The fourth-order valence-electron chi connectivity index (χ4n) is 1.61. The van der Waals surface area contributed by atoms with Crippen molar-refractivity contribution in [1.82, 2.24) is 40.4 Å². The van der Waals surface area contributed by atoms with Gasteiger partial charge in [-0.1, -0.05) is 10.2 Å². The molecule has 0 saturated carbocycles. The molecule has 0 radical (unpaired) electrons. The summed E-state index contributed by atoms with van der Waals surface area (Å²) in [6, 6.07) is 0. The van der Waals surface area contributed by atoms with Crippen LogP contribution in [0.15, 0.2) is 10.3 Å². The van der Waals surface area contributed by atoms with Gasteiger partial charge in [0.05, 0.1) is 5.75 Å². The summed E-state index contributed by atoms with van der Waals surface area (Å²) in [5, 5.41) is 21.0. The highest BCUT2D eigenvalue weighted by Gasteiger charge is 2.22. The lowest BCUT2D eigenvalue weighted by molar-refractivity contribution is 0.559. The van der Waals surface area contributed by atoms with Gasteiger partial charge < -0.3 is 4.55 Å². The van der Waals surface area contributed by atoms with E-state index in [4.69, 9.17) is 0 Å². The molecule has 116 valence electrons. The Labute approximate surface area is 123 Å². The minimum absolute atomic E-state index is 0.102. The average molecular weight is 334 g/mol. The summed E-state index contributed by atoms with van der Waals surface area (Å²) < 4.78 is 38.3. The molecule has 2 heterocycles. The van der Waals surface area contributed by atoms with Crippen molar-refractivity contribution in [2.75, 3.05) is 11.5 Å². The van der Waals surface area contributed by atoms with Crippen LogP contribution in [0.25, 0.3) is 0 Å². The van der Waals surface area contributed by atoms with Crippen molar-refractivity contribution >= 4 is 21.0 Å². The van der Waals surface area contributed by atoms with E-state index in [1.165, 1.54) is 11.7 Å². The zero-order valence-corrected chi connectivity index (χ0v) is 13.1. The van der Waals surface area contributed by atoms with Gasteiger partial charge in [0.15, 0.2) is 0 Å². The maximum Gasteiger partial charge on any atom is 0.360 e. The predicted molar refractivity (Wildman–Crippen MR) is 70.2 cm³/mol. The molecule has 11 nitrogen and oxygen atoms in total. The van der Waals surface area contributed by atoms with Crippen molar-refractivity contribution in [3.05, 3.63) is 0 Å². The van der Waals surface area contributed by atoms with Gasteiger partial charge in [-0.3, -0.25) is 0 Å². The summed E-state index contributed by atoms with van der Waals surface area (Å²) in [5.74, 6) is 0.191. The van der Waals surface area contributed by atoms with Gasteiger partial charge in [0.1, 0.15) is 5.75 Å². The van der Waals surface area contributed by atoms with Gasteiger partial charge in [0.2, 0.25) is 9.84 Å². The number of hydrogen-bond donors (Lipinski definition) is 0. The second-order valence-electron chi connectivity index (χ2n) is 4.25. The molecule has 2 aromatic heterocycles. The van der Waals surface area contributed by atoms with E-state index in [2.05, 4.69) is 31.1 Å². The topological polar surface area (TPSA) is 144 Å². The standard InChI is InChI=1S/C8H14N8O3S2/c1-15-7(9-11-13-15)20(17)5-3-4-6-21(18,19)8-10-12-14-16(8)2/h3-6H2,1-2H3. The van der Waals surface area contributed by atoms with Crippen molar-refractivity contribution in [2.45, 2.75) is 23.2 Å². The van der Waals surface area contributed by atoms with Crippen molar-refractivity contribution in [2.24, 2.45) is 14.1 Å². The van der Waals surface area contributed by atoms with Crippen LogP contribution in [0.4, 0.5) is 0 Å². The Hall–Kier alpha value is -1.60. The molecular formula is C8H14N8O3S2. The van der Waals surface area contributed by atoms with Gasteiger partial charge in [0.25, 0.3) is 5.16 Å². The first-order chi connectivity index (χ1) is 9.92. The summed E-state index contributed by atoms with van der Waals surface area (Å²) in [4.78, 5) is 0. The monoisotopic (exact) mass is 334 g/mol. The van der Waals surface area contributed by atoms with Crippen LogP contribution in [-0.2, 0) is 35.1 Å². The molecule has 0 amide bonds. The smallest absolute Gasteiger partial charge is 0.360 e. The minimum atomic E-state index is -3.53. The lowest BCUT2D eigenvalue weighted by Gasteiger charge is -2.07. The molecule has 0 aliphatic heterocycles. The van der Waals surface area contributed by atoms with Gasteiger partial charge in [-0.15, -0.1) is 0 Å². The summed E-state index contributed by atoms with van der Waals surface area (Å²) in [5.41, 5.74) is 0. The molecule has 1 atom stereocenters. The molecule has 2 rings (SSSR count). The van der Waals surface area contributed by atoms with Crippen LogP contribution < -0.4 is 0 Å². The van der Waals surface area contributed by atoms with Crippen LogP contribution in [-0.4, -0.2) is 64.9 Å². The maximum atomic E-state index is 12.0. The third-order valence-corrected chi connectivity index (χ3v) is 5.78. The van der Waals surface area contributed by atoms with Gasteiger partial charge >= 0.3 is 5.16 Å². The van der Waals surface area contributed by atoms with E-state index in [-0.39, 0.29) is 16.1 Å². The fourth-order valence-corrected chi connectivity index (χ4v) is 4.08. The van der Waals surface area contributed by atoms with Crippen LogP contribution in [0, 0.1) is 0 Å². The number of aromatic nitrogens is 8. The third-order valence-electron chi connectivity index (χ3n) is 2.64. The number of tetrazole rings is 2. The Kier molecular flexibility index (Phi) is 4.84. The van der Waals surface area contributed by atoms with Gasteiger partial charge in [0, 0.05) is 25.3 Å². The highest BCUT2D eigenvalue weighted by Crippen LogP contribution is 2.10. The molecule has 0 saturated heterocycles. The minimum Gasteiger partial charge on any atom is -0.609 e. The summed E-state index contributed by atoms with van der Waals surface area (Å²) in [6.45, 7) is 0. The van der Waals surface area contributed by atoms with Crippen molar-refractivity contribution in [3.8, 4) is 0 Å². The largest absolute Gasteiger partial charge is 0.609 e. The lowest BCUT2D eigenvalue weighted by Crippen LogP contribution is -2.16. The van der Waals surface area contributed by atoms with Crippen LogP contribution >= 0.6 is 0 Å². The quantitative estimate of drug-likeness (QED) is 0.418. The van der Waals surface area contributed by atoms with Gasteiger partial charge in [-0.05, 0) is 33.7 Å². The molecule has 1 unspecified atom stereocenters. The van der Waals surface area contributed by atoms with Crippen LogP contribution in [0.2, 0.25) is 0 Å². The molecule has 0 bridgehead atoms. The number of hydrogen-bond acceptors (Lipinski definition) is 9. The molecule has 0 aromatic carbocycles. The number of rotatable bonds is 7. The second-order valence-corrected chi connectivity index (χ2v) is 7.71. The van der Waals surface area contributed by atoms with Crippen LogP contribution in [0.1, 0.15) is 12.8 Å². The number of aryl methyl sites for hydroxylation is 2. The highest BCUT2D eigenvalue weighted by molar-refractivity contribution is 7.91. The first-order valence-electron chi connectivity index (χ1n) is 5.97. The Bertz CT molecular complexity index is 696. The lowest BCUT2D eigenvalue weighted by atomic mass is 10.4. The van der Waals surface area contributed by atoms with E-state index in [9.17, 15) is 13.0 Å². The van der Waals surface area contributed by atoms with Crippen LogP contribution in [0.3, 0.4) is 0 Å². The Morgan fingerprint density at radius 2 is 1.76 bits per heavy atom. The molecule has 0 N–H and O–H groups in total. The van der Waals surface area contributed by atoms with Crippen molar-refractivity contribution in [3.63, 3.8) is 0 Å². The summed E-state index contributed by atoms with van der Waals surface area (Å²) in [7, 11) is -0.468. The van der Waals surface area contributed by atoms with Crippen LogP contribution in [0.5, 0.6) is 0 Å². The van der Waals surface area contributed by atoms with Crippen molar-refractivity contribution < 1.29 is 13.0 Å². The Balaban J connectivity index is 1.83. The number of nitrogens with zero attached hydrogens (tertiary/aromatic N) is 8. The molecule has 0 aliphatic carbocycles. The summed E-state index contributed by atoms with van der Waals surface area (Å²) in [6.07, 6.45) is 0.816. The Morgan fingerprint density at radius 3 is 2.33 bits per heavy atom. The average Bonchev–Trinajstić information content (AvgIpc) is 3.03. The summed E-state index contributed by atoms with van der Waals surface area (Å²) >= 11 is -1.35. The van der Waals surface area contributed by atoms with E-state index >= 15 is 0 Å². The SMILES string of the molecule is Cn1nnnc1[S+]([O-])CCCCS(=O)(=O)c1nnnn1C. The van der Waals surface area contributed by atoms with E-state index < -0.39 is 21.0 Å². The van der Waals surface area contributed by atoms with E-state index in [1.54, 1.807) is 7.05 Å². The molecule has 0 spiro atoms. The maximum absolute atomic E-state index is 12.0. The van der Waals surface area contributed by atoms with Crippen molar-refractivity contribution in [1.29, 1.82) is 0 Å². The third kappa shape index (κ3) is 3.74. The highest BCUT2D eigenvalue weighted by atomic mass is 32.2. The second kappa shape index (κ2) is 6.44. The normalized spacial score (nSPS) is 13.5. The zero-order chi connectivity index (χ0) is 15.5. The first-order valence-corrected chi connectivity index (χ1v) is 8.95. The molecule has 13 heteroatoms. The molecule has 0 fully saturated rings. The molecule has 2 aromatic rings. The first kappa shape index (κ1) is 15.8. The van der Waals surface area contributed by atoms with E-state index in [0.717, 1.165) is 4.68 Å². The number of sulfone groups is 1. The zero-order valence-electron chi connectivity index (χ0n) is 11.4. The number of unbranched alkanes of at least 4 members (excludes halogenated alkanes) is 1. The van der Waals surface area contributed by atoms with E-state index in [0.29, 0.717) is 18.6 Å². The van der Waals surface area contributed by atoms with Gasteiger partial charge in [-0.2, -0.15) is 4.68 Å². The Morgan fingerprint density at radius 1 is 1.10 bits per heavy atom. The van der Waals surface area contributed by atoms with Gasteiger partial charge in [-0.25, -0.2) is 13.1 Å².